The van der Waals surface area contributed by atoms with Crippen LogP contribution in [0.5, 0.6) is 0 Å². The van der Waals surface area contributed by atoms with Crippen molar-refractivity contribution in [2.45, 2.75) is 0 Å². The SMILES string of the molecule is O=C(COCCOCC(=O)N(c1ccccc1)c1cccc2ccccc12)N(c1ccccc1)c1cccc2ccccc12. The molecule has 0 aliphatic carbocycles. The molecular formula is C38H32N2O4. The summed E-state index contributed by atoms with van der Waals surface area (Å²) < 4.78 is 11.5. The Morgan fingerprint density at radius 2 is 0.795 bits per heavy atom. The van der Waals surface area contributed by atoms with Crippen molar-refractivity contribution in [3.63, 3.8) is 0 Å². The lowest BCUT2D eigenvalue weighted by atomic mass is 10.1. The zero-order valence-electron chi connectivity index (χ0n) is 24.2. The topological polar surface area (TPSA) is 59.1 Å². The van der Waals surface area contributed by atoms with E-state index in [1.807, 2.05) is 146 Å². The highest BCUT2D eigenvalue weighted by Gasteiger charge is 2.22. The highest BCUT2D eigenvalue weighted by Crippen LogP contribution is 2.34. The third-order valence-corrected chi connectivity index (χ3v) is 7.37. The number of benzene rings is 6. The van der Waals surface area contributed by atoms with Crippen molar-refractivity contribution in [1.82, 2.24) is 0 Å². The third-order valence-electron chi connectivity index (χ3n) is 7.37. The molecule has 0 saturated heterocycles. The van der Waals surface area contributed by atoms with Crippen molar-refractivity contribution in [1.29, 1.82) is 0 Å². The van der Waals surface area contributed by atoms with Crippen LogP contribution in [0.15, 0.2) is 146 Å². The molecule has 0 fully saturated rings. The van der Waals surface area contributed by atoms with Gasteiger partial charge in [-0.3, -0.25) is 19.4 Å². The standard InChI is InChI=1S/C38H32N2O4/c41-37(39(31-17-3-1-4-18-31)35-23-11-15-29-13-7-9-21-33(29)35)27-43-25-26-44-28-38(42)40(32-19-5-2-6-20-32)36-24-12-16-30-14-8-10-22-34(30)36/h1-24H,25-28H2. The van der Waals surface area contributed by atoms with Crippen LogP contribution in [-0.2, 0) is 19.1 Å². The number of nitrogens with zero attached hydrogens (tertiary/aromatic N) is 2. The van der Waals surface area contributed by atoms with Crippen LogP contribution in [0, 0.1) is 0 Å². The molecule has 44 heavy (non-hydrogen) atoms. The molecule has 0 radical (unpaired) electrons. The molecule has 0 aliphatic heterocycles. The van der Waals surface area contributed by atoms with Gasteiger partial charge in [-0.15, -0.1) is 0 Å². The van der Waals surface area contributed by atoms with E-state index in [0.29, 0.717) is 0 Å². The number of hydrogen-bond donors (Lipinski definition) is 0. The second-order valence-corrected chi connectivity index (χ2v) is 10.2. The van der Waals surface area contributed by atoms with Crippen LogP contribution in [-0.4, -0.2) is 38.2 Å². The molecule has 0 heterocycles. The van der Waals surface area contributed by atoms with Crippen LogP contribution < -0.4 is 9.80 Å². The van der Waals surface area contributed by atoms with Crippen LogP contribution in [0.1, 0.15) is 0 Å². The number of hydrogen-bond acceptors (Lipinski definition) is 4. The molecule has 0 aromatic heterocycles. The van der Waals surface area contributed by atoms with E-state index in [1.54, 1.807) is 9.80 Å². The zero-order chi connectivity index (χ0) is 30.1. The number of carbonyl (C=O) groups excluding carboxylic acids is 2. The molecule has 0 bridgehead atoms. The Labute approximate surface area is 256 Å². The smallest absolute Gasteiger partial charge is 0.257 e. The number of rotatable bonds is 11. The predicted molar refractivity (Wildman–Crippen MR) is 177 cm³/mol. The van der Waals surface area contributed by atoms with Gasteiger partial charge in [-0.1, -0.05) is 109 Å². The average molecular weight is 581 g/mol. The van der Waals surface area contributed by atoms with Crippen molar-refractivity contribution in [3.8, 4) is 0 Å². The Kier molecular flexibility index (Phi) is 9.02. The second kappa shape index (κ2) is 13.8. The van der Waals surface area contributed by atoms with Gasteiger partial charge in [0.25, 0.3) is 11.8 Å². The van der Waals surface area contributed by atoms with Crippen molar-refractivity contribution >= 4 is 56.1 Å². The normalized spacial score (nSPS) is 11.0. The molecule has 0 N–H and O–H groups in total. The van der Waals surface area contributed by atoms with Gasteiger partial charge < -0.3 is 9.47 Å². The van der Waals surface area contributed by atoms with E-state index in [2.05, 4.69) is 0 Å². The number of para-hydroxylation sites is 2. The van der Waals surface area contributed by atoms with E-state index in [0.717, 1.165) is 44.3 Å². The van der Waals surface area contributed by atoms with Crippen molar-refractivity contribution in [2.75, 3.05) is 36.2 Å². The first-order valence-corrected chi connectivity index (χ1v) is 14.6. The van der Waals surface area contributed by atoms with Crippen molar-refractivity contribution in [2.24, 2.45) is 0 Å². The summed E-state index contributed by atoms with van der Waals surface area (Å²) in [7, 11) is 0. The van der Waals surface area contributed by atoms with Gasteiger partial charge in [0, 0.05) is 22.1 Å². The number of carbonyl (C=O) groups is 2. The van der Waals surface area contributed by atoms with Crippen LogP contribution in [0.4, 0.5) is 22.7 Å². The summed E-state index contributed by atoms with van der Waals surface area (Å²) in [5.41, 5.74) is 3.10. The number of ether oxygens (including phenoxy) is 2. The summed E-state index contributed by atoms with van der Waals surface area (Å²) in [5.74, 6) is -0.398. The van der Waals surface area contributed by atoms with Crippen LogP contribution in [0.2, 0.25) is 0 Å². The third kappa shape index (κ3) is 6.37. The van der Waals surface area contributed by atoms with Gasteiger partial charge in [0.2, 0.25) is 0 Å². The quantitative estimate of drug-likeness (QED) is 0.146. The number of amides is 2. The summed E-state index contributed by atoms with van der Waals surface area (Å²) in [6.07, 6.45) is 0. The monoisotopic (exact) mass is 580 g/mol. The first kappa shape index (κ1) is 28.8. The molecular weight excluding hydrogens is 548 g/mol. The van der Waals surface area contributed by atoms with E-state index in [4.69, 9.17) is 9.47 Å². The maximum absolute atomic E-state index is 13.5. The Bertz CT molecular complexity index is 1730. The van der Waals surface area contributed by atoms with E-state index in [1.165, 1.54) is 0 Å². The molecule has 2 amide bonds. The van der Waals surface area contributed by atoms with Gasteiger partial charge in [0.1, 0.15) is 13.2 Å². The summed E-state index contributed by atoms with van der Waals surface area (Å²) in [6.45, 7) is 0.0523. The zero-order valence-corrected chi connectivity index (χ0v) is 24.2. The molecule has 218 valence electrons. The van der Waals surface area contributed by atoms with Gasteiger partial charge in [-0.2, -0.15) is 0 Å². The van der Waals surface area contributed by atoms with Gasteiger partial charge >= 0.3 is 0 Å². The van der Waals surface area contributed by atoms with Gasteiger partial charge in [0.15, 0.2) is 0 Å². The van der Waals surface area contributed by atoms with E-state index in [-0.39, 0.29) is 38.2 Å². The van der Waals surface area contributed by atoms with Gasteiger partial charge in [-0.05, 0) is 47.2 Å². The Balaban J connectivity index is 1.10. The first-order chi connectivity index (χ1) is 21.7. The molecule has 6 nitrogen and oxygen atoms in total. The van der Waals surface area contributed by atoms with Gasteiger partial charge in [-0.25, -0.2) is 0 Å². The Morgan fingerprint density at radius 1 is 0.432 bits per heavy atom. The Morgan fingerprint density at radius 3 is 1.23 bits per heavy atom. The molecule has 0 aliphatic rings. The molecule has 0 unspecified atom stereocenters. The summed E-state index contributed by atoms with van der Waals surface area (Å²) in [4.78, 5) is 30.5. The number of anilines is 4. The lowest BCUT2D eigenvalue weighted by Crippen LogP contribution is -2.31. The molecule has 6 rings (SSSR count). The molecule has 0 saturated carbocycles. The fraction of sp³-hybridized carbons (Fsp3) is 0.105. The molecule has 6 aromatic carbocycles. The highest BCUT2D eigenvalue weighted by atomic mass is 16.5. The van der Waals surface area contributed by atoms with E-state index in [9.17, 15) is 9.59 Å². The highest BCUT2D eigenvalue weighted by molar-refractivity contribution is 6.09. The first-order valence-electron chi connectivity index (χ1n) is 14.6. The summed E-state index contributed by atoms with van der Waals surface area (Å²) in [5, 5.41) is 4.04. The minimum absolute atomic E-state index is 0.137. The molecule has 0 atom stereocenters. The lowest BCUT2D eigenvalue weighted by molar-refractivity contribution is -0.125. The molecule has 6 aromatic rings. The second-order valence-electron chi connectivity index (χ2n) is 10.2. The average Bonchev–Trinajstić information content (AvgIpc) is 3.08. The minimum atomic E-state index is -0.199. The van der Waals surface area contributed by atoms with Crippen LogP contribution in [0.3, 0.4) is 0 Å². The largest absolute Gasteiger partial charge is 0.369 e. The van der Waals surface area contributed by atoms with Crippen molar-refractivity contribution in [3.05, 3.63) is 146 Å². The maximum Gasteiger partial charge on any atom is 0.257 e. The summed E-state index contributed by atoms with van der Waals surface area (Å²) >= 11 is 0. The van der Waals surface area contributed by atoms with Gasteiger partial charge in [0.05, 0.1) is 24.6 Å². The lowest BCUT2D eigenvalue weighted by Gasteiger charge is -2.25. The summed E-state index contributed by atoms with van der Waals surface area (Å²) in [6, 6.07) is 46.9. The van der Waals surface area contributed by atoms with Crippen LogP contribution >= 0.6 is 0 Å². The molecule has 0 spiro atoms. The minimum Gasteiger partial charge on any atom is -0.369 e. The van der Waals surface area contributed by atoms with Crippen molar-refractivity contribution < 1.29 is 19.1 Å². The Hall–Kier alpha value is -5.30. The van der Waals surface area contributed by atoms with E-state index < -0.39 is 0 Å². The fourth-order valence-corrected chi connectivity index (χ4v) is 5.36. The maximum atomic E-state index is 13.5. The predicted octanol–water partition coefficient (Wildman–Crippen LogP) is 8.06. The van der Waals surface area contributed by atoms with E-state index >= 15 is 0 Å². The molecule has 6 heteroatoms. The number of fused-ring (bicyclic) bond motifs is 2. The fourth-order valence-electron chi connectivity index (χ4n) is 5.36. The van der Waals surface area contributed by atoms with Crippen LogP contribution in [0.25, 0.3) is 21.5 Å².